The third kappa shape index (κ3) is 10.8. The summed E-state index contributed by atoms with van der Waals surface area (Å²) >= 11 is 0. The van der Waals surface area contributed by atoms with E-state index in [1.54, 1.807) is 0 Å². The van der Waals surface area contributed by atoms with Gasteiger partial charge in [0.25, 0.3) is 0 Å². The molecule has 0 unspecified atom stereocenters. The average Bonchev–Trinajstić information content (AvgIpc) is 2.95. The van der Waals surface area contributed by atoms with Gasteiger partial charge in [0, 0.05) is 11.4 Å². The molecule has 0 aliphatic heterocycles. The molecule has 4 aromatic carbocycles. The fraction of sp³-hybridized carbons (Fsp3) is 0.257. The zero-order valence-electron chi connectivity index (χ0n) is 23.1. The molecule has 6 heteroatoms. The molecule has 4 aromatic rings. The Morgan fingerprint density at radius 2 is 0.805 bits per heavy atom. The molecule has 0 aliphatic carbocycles. The van der Waals surface area contributed by atoms with Gasteiger partial charge in [-0.05, 0) is 86.1 Å². The summed E-state index contributed by atoms with van der Waals surface area (Å²) in [6.07, 6.45) is 1.84. The molecule has 0 saturated heterocycles. The Hall–Kier alpha value is -4.58. The molecule has 214 valence electrons. The first-order valence-electron chi connectivity index (χ1n) is 13.6. The minimum absolute atomic E-state index is 0. The number of carbonyl (C=O) groups is 2. The highest BCUT2D eigenvalue weighted by molar-refractivity contribution is 5.85. The smallest absolute Gasteiger partial charge is 0.411 e. The van der Waals surface area contributed by atoms with Gasteiger partial charge in [0.15, 0.2) is 0 Å². The largest absolute Gasteiger partial charge is 0.449 e. The van der Waals surface area contributed by atoms with Crippen molar-refractivity contribution in [1.82, 2.24) is 0 Å². The number of nitrogens with one attached hydrogen (secondary N) is 2. The second-order valence-corrected chi connectivity index (χ2v) is 9.95. The first-order valence-corrected chi connectivity index (χ1v) is 13.6. The standard InChI is InChI=1S/C34H36N2O4.CH4/c1-25-5-9-27(10-6-25)23-29-13-17-31(18-14-29)35-33(37)39-21-3-4-22-40-34(38)36-32-19-15-30(16-20-32)24-28-11-7-26(2)8-12-28;/h5-20H,3-4,21-24H2,1-2H3,(H,35,37)(H,36,38);1H4. The Bertz CT molecular complexity index is 1260. The van der Waals surface area contributed by atoms with Crippen molar-refractivity contribution in [1.29, 1.82) is 0 Å². The molecule has 2 N–H and O–H groups in total. The molecule has 41 heavy (non-hydrogen) atoms. The van der Waals surface area contributed by atoms with Gasteiger partial charge in [0.05, 0.1) is 13.2 Å². The Morgan fingerprint density at radius 1 is 0.512 bits per heavy atom. The van der Waals surface area contributed by atoms with Crippen LogP contribution in [-0.4, -0.2) is 25.4 Å². The number of amides is 2. The maximum absolute atomic E-state index is 12.1. The van der Waals surface area contributed by atoms with Crippen LogP contribution in [-0.2, 0) is 22.3 Å². The molecule has 0 aliphatic rings. The monoisotopic (exact) mass is 552 g/mol. The van der Waals surface area contributed by atoms with Crippen molar-refractivity contribution < 1.29 is 19.1 Å². The van der Waals surface area contributed by atoms with Gasteiger partial charge in [-0.1, -0.05) is 91.3 Å². The van der Waals surface area contributed by atoms with E-state index in [1.807, 2.05) is 48.5 Å². The van der Waals surface area contributed by atoms with Crippen LogP contribution >= 0.6 is 0 Å². The predicted octanol–water partition coefficient (Wildman–Crippen LogP) is 8.70. The topological polar surface area (TPSA) is 76.7 Å². The van der Waals surface area contributed by atoms with E-state index < -0.39 is 12.2 Å². The van der Waals surface area contributed by atoms with Crippen LogP contribution in [0.2, 0.25) is 0 Å². The Kier molecular flexibility index (Phi) is 12.0. The lowest BCUT2D eigenvalue weighted by atomic mass is 10.0. The number of unbranched alkanes of at least 4 members (excludes halogenated alkanes) is 1. The minimum atomic E-state index is -0.504. The summed E-state index contributed by atoms with van der Waals surface area (Å²) in [4.78, 5) is 24.2. The zero-order valence-corrected chi connectivity index (χ0v) is 23.1. The third-order valence-electron chi connectivity index (χ3n) is 6.46. The van der Waals surface area contributed by atoms with Crippen LogP contribution in [0.15, 0.2) is 97.1 Å². The van der Waals surface area contributed by atoms with Crippen LogP contribution in [0.25, 0.3) is 0 Å². The molecule has 4 rings (SSSR count). The summed E-state index contributed by atoms with van der Waals surface area (Å²) in [7, 11) is 0. The van der Waals surface area contributed by atoms with Gasteiger partial charge < -0.3 is 9.47 Å². The number of rotatable bonds is 11. The molecule has 6 nitrogen and oxygen atoms in total. The highest BCUT2D eigenvalue weighted by Gasteiger charge is 2.06. The number of hydrogen-bond acceptors (Lipinski definition) is 4. The van der Waals surface area contributed by atoms with E-state index in [0.29, 0.717) is 24.2 Å². The normalized spacial score (nSPS) is 10.3. The van der Waals surface area contributed by atoms with E-state index in [0.717, 1.165) is 12.8 Å². The van der Waals surface area contributed by atoms with Crippen LogP contribution in [0, 0.1) is 13.8 Å². The lowest BCUT2D eigenvalue weighted by molar-refractivity contribution is 0.143. The first-order chi connectivity index (χ1) is 19.4. The lowest BCUT2D eigenvalue weighted by Crippen LogP contribution is -2.16. The van der Waals surface area contributed by atoms with Gasteiger partial charge >= 0.3 is 12.2 Å². The van der Waals surface area contributed by atoms with Gasteiger partial charge in [-0.15, -0.1) is 0 Å². The maximum atomic E-state index is 12.1. The Balaban J connectivity index is 0.00000462. The van der Waals surface area contributed by atoms with Crippen molar-refractivity contribution in [2.75, 3.05) is 23.8 Å². The Labute approximate surface area is 243 Å². The van der Waals surface area contributed by atoms with Crippen molar-refractivity contribution in [2.45, 2.75) is 47.0 Å². The average molecular weight is 553 g/mol. The lowest BCUT2D eigenvalue weighted by Gasteiger charge is -2.09. The molecular formula is C35H40N2O4. The van der Waals surface area contributed by atoms with Crippen LogP contribution in [0.3, 0.4) is 0 Å². The van der Waals surface area contributed by atoms with Gasteiger partial charge in [-0.3, -0.25) is 10.6 Å². The number of aryl methyl sites for hydroxylation is 2. The quantitative estimate of drug-likeness (QED) is 0.183. The van der Waals surface area contributed by atoms with E-state index in [1.165, 1.54) is 33.4 Å². The number of hydrogen-bond donors (Lipinski definition) is 2. The van der Waals surface area contributed by atoms with Crippen LogP contribution in [0.5, 0.6) is 0 Å². The fourth-order valence-electron chi connectivity index (χ4n) is 4.14. The van der Waals surface area contributed by atoms with E-state index in [4.69, 9.17) is 9.47 Å². The molecular weight excluding hydrogens is 512 g/mol. The highest BCUT2D eigenvalue weighted by Crippen LogP contribution is 2.16. The van der Waals surface area contributed by atoms with Crippen molar-refractivity contribution in [3.8, 4) is 0 Å². The molecule has 0 saturated carbocycles. The SMILES string of the molecule is C.Cc1ccc(Cc2ccc(NC(=O)OCCCCOC(=O)Nc3ccc(Cc4ccc(C)cc4)cc3)cc2)cc1. The number of ether oxygens (including phenoxy) is 2. The van der Waals surface area contributed by atoms with Crippen molar-refractivity contribution in [2.24, 2.45) is 0 Å². The zero-order chi connectivity index (χ0) is 28.2. The molecule has 0 aromatic heterocycles. The molecule has 2 amide bonds. The third-order valence-corrected chi connectivity index (χ3v) is 6.46. The van der Waals surface area contributed by atoms with E-state index in [9.17, 15) is 9.59 Å². The predicted molar refractivity (Wildman–Crippen MR) is 167 cm³/mol. The maximum Gasteiger partial charge on any atom is 0.411 e. The van der Waals surface area contributed by atoms with Crippen LogP contribution in [0.1, 0.15) is 53.6 Å². The summed E-state index contributed by atoms with van der Waals surface area (Å²) in [6.45, 7) is 4.63. The first kappa shape index (κ1) is 31.0. The Morgan fingerprint density at radius 3 is 1.12 bits per heavy atom. The summed E-state index contributed by atoms with van der Waals surface area (Å²) in [5, 5.41) is 5.48. The van der Waals surface area contributed by atoms with Crippen molar-refractivity contribution in [3.63, 3.8) is 0 Å². The van der Waals surface area contributed by atoms with Crippen molar-refractivity contribution >= 4 is 23.6 Å². The summed E-state index contributed by atoms with van der Waals surface area (Å²) in [5.41, 5.74) is 8.68. The van der Waals surface area contributed by atoms with E-state index >= 15 is 0 Å². The van der Waals surface area contributed by atoms with Crippen LogP contribution < -0.4 is 10.6 Å². The number of benzene rings is 4. The second kappa shape index (κ2) is 15.9. The molecule has 0 heterocycles. The van der Waals surface area contributed by atoms with Crippen LogP contribution in [0.4, 0.5) is 21.0 Å². The van der Waals surface area contributed by atoms with Crippen molar-refractivity contribution in [3.05, 3.63) is 130 Å². The fourth-order valence-corrected chi connectivity index (χ4v) is 4.14. The molecule has 0 fully saturated rings. The number of anilines is 2. The van der Waals surface area contributed by atoms with Gasteiger partial charge in [-0.25, -0.2) is 9.59 Å². The molecule has 0 radical (unpaired) electrons. The van der Waals surface area contributed by atoms with E-state index in [-0.39, 0.29) is 20.6 Å². The molecule has 0 bridgehead atoms. The number of carbonyl (C=O) groups excluding carboxylic acids is 2. The summed E-state index contributed by atoms with van der Waals surface area (Å²) < 4.78 is 10.5. The van der Waals surface area contributed by atoms with Gasteiger partial charge in [0.1, 0.15) is 0 Å². The molecule has 0 atom stereocenters. The molecule has 0 spiro atoms. The van der Waals surface area contributed by atoms with E-state index in [2.05, 4.69) is 73.0 Å². The summed E-state index contributed by atoms with van der Waals surface area (Å²) in [5.74, 6) is 0. The highest BCUT2D eigenvalue weighted by atomic mass is 16.6. The summed E-state index contributed by atoms with van der Waals surface area (Å²) in [6, 6.07) is 32.4. The van der Waals surface area contributed by atoms with Gasteiger partial charge in [0.2, 0.25) is 0 Å². The second-order valence-electron chi connectivity index (χ2n) is 9.95. The minimum Gasteiger partial charge on any atom is -0.449 e. The van der Waals surface area contributed by atoms with Gasteiger partial charge in [-0.2, -0.15) is 0 Å².